The highest BCUT2D eigenvalue weighted by Gasteiger charge is 2.25. The number of carbonyl (C=O) groups excluding carboxylic acids is 3. The number of ether oxygens (including phenoxy) is 2. The molecule has 0 saturated carbocycles. The van der Waals surface area contributed by atoms with Crippen molar-refractivity contribution in [2.45, 2.75) is 19.8 Å². The molecule has 1 saturated heterocycles. The van der Waals surface area contributed by atoms with Gasteiger partial charge >= 0.3 is 6.16 Å². The second-order valence-corrected chi connectivity index (χ2v) is 7.07. The molecule has 2 aromatic carbocycles. The van der Waals surface area contributed by atoms with Crippen LogP contribution in [0, 0.1) is 5.82 Å². The number of amides is 2. The molecule has 0 atom stereocenters. The zero-order valence-electron chi connectivity index (χ0n) is 17.4. The second-order valence-electron chi connectivity index (χ2n) is 7.07. The van der Waals surface area contributed by atoms with Gasteiger partial charge < -0.3 is 19.3 Å². The summed E-state index contributed by atoms with van der Waals surface area (Å²) in [4.78, 5) is 39.9. The minimum atomic E-state index is -0.794. The van der Waals surface area contributed by atoms with Gasteiger partial charge in [0.05, 0.1) is 6.61 Å². The van der Waals surface area contributed by atoms with Crippen LogP contribution in [0.2, 0.25) is 0 Å². The summed E-state index contributed by atoms with van der Waals surface area (Å²) in [7, 11) is 0. The quantitative estimate of drug-likeness (QED) is 0.521. The third kappa shape index (κ3) is 6.04. The molecule has 164 valence electrons. The Balaban J connectivity index is 1.47. The van der Waals surface area contributed by atoms with Crippen molar-refractivity contribution in [2.75, 3.05) is 32.8 Å². The van der Waals surface area contributed by atoms with Gasteiger partial charge in [-0.05, 0) is 49.2 Å². The van der Waals surface area contributed by atoms with Crippen molar-refractivity contribution in [1.29, 1.82) is 0 Å². The highest BCUT2D eigenvalue weighted by atomic mass is 19.1. The topological polar surface area (TPSA) is 76.2 Å². The van der Waals surface area contributed by atoms with Crippen LogP contribution in [0.15, 0.2) is 48.5 Å². The lowest BCUT2D eigenvalue weighted by Gasteiger charge is -2.35. The van der Waals surface area contributed by atoms with Crippen LogP contribution < -0.4 is 4.74 Å². The van der Waals surface area contributed by atoms with Crippen molar-refractivity contribution >= 4 is 18.0 Å². The lowest BCUT2D eigenvalue weighted by Crippen LogP contribution is -2.50. The van der Waals surface area contributed by atoms with Crippen LogP contribution in [0.5, 0.6) is 5.75 Å². The van der Waals surface area contributed by atoms with Crippen LogP contribution in [-0.4, -0.2) is 60.6 Å². The van der Waals surface area contributed by atoms with E-state index in [4.69, 9.17) is 9.47 Å². The zero-order chi connectivity index (χ0) is 22.2. The molecule has 0 radical (unpaired) electrons. The van der Waals surface area contributed by atoms with Crippen molar-refractivity contribution in [3.05, 3.63) is 65.5 Å². The van der Waals surface area contributed by atoms with E-state index in [1.165, 1.54) is 18.2 Å². The van der Waals surface area contributed by atoms with E-state index < -0.39 is 6.16 Å². The summed E-state index contributed by atoms with van der Waals surface area (Å²) in [5.74, 6) is -0.207. The average Bonchev–Trinajstić information content (AvgIpc) is 2.78. The summed E-state index contributed by atoms with van der Waals surface area (Å²) in [5, 5.41) is 0. The molecule has 2 amide bonds. The van der Waals surface area contributed by atoms with Crippen LogP contribution in [0.4, 0.5) is 9.18 Å². The van der Waals surface area contributed by atoms with E-state index in [9.17, 15) is 18.8 Å². The minimum Gasteiger partial charge on any atom is -0.434 e. The Morgan fingerprint density at radius 2 is 1.58 bits per heavy atom. The maximum atomic E-state index is 13.7. The third-order valence-electron chi connectivity index (χ3n) is 5.05. The van der Waals surface area contributed by atoms with Gasteiger partial charge in [-0.3, -0.25) is 9.59 Å². The summed E-state index contributed by atoms with van der Waals surface area (Å²) in [6.45, 7) is 3.61. The molecule has 1 heterocycles. The van der Waals surface area contributed by atoms with E-state index >= 15 is 0 Å². The van der Waals surface area contributed by atoms with Crippen molar-refractivity contribution < 1.29 is 28.2 Å². The molecule has 1 aliphatic rings. The molecule has 1 aliphatic heterocycles. The molecular formula is C23H25FN2O5. The molecule has 0 aromatic heterocycles. The van der Waals surface area contributed by atoms with Crippen LogP contribution in [-0.2, 0) is 16.0 Å². The third-order valence-corrected chi connectivity index (χ3v) is 5.05. The fourth-order valence-corrected chi connectivity index (χ4v) is 3.35. The van der Waals surface area contributed by atoms with Gasteiger partial charge in [-0.2, -0.15) is 0 Å². The molecule has 0 bridgehead atoms. The van der Waals surface area contributed by atoms with Gasteiger partial charge in [-0.25, -0.2) is 9.18 Å². The summed E-state index contributed by atoms with van der Waals surface area (Å²) < 4.78 is 23.4. The molecular weight excluding hydrogens is 403 g/mol. The Bertz CT molecular complexity index is 924. The smallest absolute Gasteiger partial charge is 0.434 e. The molecule has 8 heteroatoms. The zero-order valence-corrected chi connectivity index (χ0v) is 17.4. The summed E-state index contributed by atoms with van der Waals surface area (Å²) in [5.41, 5.74) is 0.996. The van der Waals surface area contributed by atoms with Crippen molar-refractivity contribution in [2.24, 2.45) is 0 Å². The van der Waals surface area contributed by atoms with Crippen LogP contribution >= 0.6 is 0 Å². The molecule has 0 spiro atoms. The highest BCUT2D eigenvalue weighted by molar-refractivity contribution is 5.94. The van der Waals surface area contributed by atoms with Gasteiger partial charge in [0.1, 0.15) is 11.6 Å². The summed E-state index contributed by atoms with van der Waals surface area (Å²) >= 11 is 0. The molecule has 7 nitrogen and oxygen atoms in total. The molecule has 3 rings (SSSR count). The maximum Gasteiger partial charge on any atom is 0.513 e. The van der Waals surface area contributed by atoms with Crippen LogP contribution in [0.1, 0.15) is 29.3 Å². The number of halogens is 1. The molecule has 0 aliphatic carbocycles. The Hall–Kier alpha value is -3.42. The van der Waals surface area contributed by atoms with Gasteiger partial charge in [0.25, 0.3) is 5.91 Å². The van der Waals surface area contributed by atoms with Gasteiger partial charge in [0, 0.05) is 38.2 Å². The maximum absolute atomic E-state index is 13.7. The SMILES string of the molecule is CCOC(=O)Oc1ccc(C(=O)N2CCN(C(=O)CCc3ccccc3F)CC2)cc1. The molecule has 2 aromatic rings. The molecule has 0 N–H and O–H groups in total. The Morgan fingerprint density at radius 3 is 2.23 bits per heavy atom. The Morgan fingerprint density at radius 1 is 0.935 bits per heavy atom. The number of benzene rings is 2. The Labute approximate surface area is 180 Å². The average molecular weight is 428 g/mol. The number of nitrogens with zero attached hydrogens (tertiary/aromatic N) is 2. The summed E-state index contributed by atoms with van der Waals surface area (Å²) in [6, 6.07) is 12.7. The number of rotatable bonds is 6. The number of aryl methyl sites for hydroxylation is 1. The first kappa shape index (κ1) is 22.3. The van der Waals surface area contributed by atoms with E-state index in [0.717, 1.165) is 0 Å². The fraction of sp³-hybridized carbons (Fsp3) is 0.348. The van der Waals surface area contributed by atoms with Gasteiger partial charge in [-0.1, -0.05) is 18.2 Å². The lowest BCUT2D eigenvalue weighted by atomic mass is 10.1. The minimum absolute atomic E-state index is 0.0455. The van der Waals surface area contributed by atoms with E-state index in [2.05, 4.69) is 0 Å². The summed E-state index contributed by atoms with van der Waals surface area (Å²) in [6.07, 6.45) is -0.209. The second kappa shape index (κ2) is 10.6. The van der Waals surface area contributed by atoms with Crippen LogP contribution in [0.25, 0.3) is 0 Å². The van der Waals surface area contributed by atoms with E-state index in [1.54, 1.807) is 47.1 Å². The highest BCUT2D eigenvalue weighted by Crippen LogP contribution is 2.16. The lowest BCUT2D eigenvalue weighted by molar-refractivity contribution is -0.132. The van der Waals surface area contributed by atoms with Gasteiger partial charge in [-0.15, -0.1) is 0 Å². The predicted molar refractivity (Wildman–Crippen MR) is 111 cm³/mol. The van der Waals surface area contributed by atoms with Crippen molar-refractivity contribution in [1.82, 2.24) is 9.80 Å². The molecule has 1 fully saturated rings. The van der Waals surface area contributed by atoms with E-state index in [-0.39, 0.29) is 30.7 Å². The number of hydrogen-bond donors (Lipinski definition) is 0. The van der Waals surface area contributed by atoms with Crippen molar-refractivity contribution in [3.8, 4) is 5.75 Å². The largest absolute Gasteiger partial charge is 0.513 e. The Kier molecular flexibility index (Phi) is 7.59. The van der Waals surface area contributed by atoms with Gasteiger partial charge in [0.15, 0.2) is 0 Å². The predicted octanol–water partition coefficient (Wildman–Crippen LogP) is 3.28. The standard InChI is InChI=1S/C23H25FN2O5/c1-2-30-23(29)31-19-10-7-18(8-11-19)22(28)26-15-13-25(14-16-26)21(27)12-9-17-5-3-4-6-20(17)24/h3-8,10-11H,2,9,12-16H2,1H3. The first-order valence-corrected chi connectivity index (χ1v) is 10.2. The molecule has 31 heavy (non-hydrogen) atoms. The fourth-order valence-electron chi connectivity index (χ4n) is 3.35. The number of hydrogen-bond acceptors (Lipinski definition) is 5. The van der Waals surface area contributed by atoms with Crippen LogP contribution in [0.3, 0.4) is 0 Å². The number of piperazine rings is 1. The van der Waals surface area contributed by atoms with E-state index in [1.807, 2.05) is 0 Å². The molecule has 0 unspecified atom stereocenters. The normalized spacial score (nSPS) is 13.6. The number of carbonyl (C=O) groups is 3. The van der Waals surface area contributed by atoms with Gasteiger partial charge in [0.2, 0.25) is 5.91 Å². The van der Waals surface area contributed by atoms with E-state index in [0.29, 0.717) is 49.5 Å². The first-order valence-electron chi connectivity index (χ1n) is 10.2. The monoisotopic (exact) mass is 428 g/mol. The first-order chi connectivity index (χ1) is 15.0. The van der Waals surface area contributed by atoms with Crippen molar-refractivity contribution in [3.63, 3.8) is 0 Å².